The Balaban J connectivity index is 4.22. The molecule has 0 heterocycles. The fraction of sp³-hybridized carbons (Fsp3) is 0.900. The summed E-state index contributed by atoms with van der Waals surface area (Å²) in [6.07, 6.45) is 2.57. The summed E-state index contributed by atoms with van der Waals surface area (Å²) in [5.41, 5.74) is 5.60. The summed E-state index contributed by atoms with van der Waals surface area (Å²) in [5.74, 6) is -0.338. The molecule has 0 radical (unpaired) electrons. The van der Waals surface area contributed by atoms with Gasteiger partial charge in [0, 0.05) is 19.1 Å². The largest absolute Gasteiger partial charge is 0.353 e. The highest BCUT2D eigenvalue weighted by Crippen LogP contribution is 2.09. The third-order valence-electron chi connectivity index (χ3n) is 2.98. The lowest BCUT2D eigenvalue weighted by Gasteiger charge is -2.27. The van der Waals surface area contributed by atoms with E-state index in [4.69, 9.17) is 5.73 Å². The second-order valence-electron chi connectivity index (χ2n) is 4.37. The van der Waals surface area contributed by atoms with Crippen molar-refractivity contribution in [3.8, 4) is 0 Å². The molecule has 102 valence electrons. The van der Waals surface area contributed by atoms with Crippen molar-refractivity contribution >= 4 is 15.9 Å². The smallest absolute Gasteiger partial charge is 0.235 e. The molecule has 0 fully saturated rings. The van der Waals surface area contributed by atoms with Crippen LogP contribution in [0.1, 0.15) is 26.7 Å². The quantitative estimate of drug-likeness (QED) is 0.650. The first kappa shape index (κ1) is 16.3. The van der Waals surface area contributed by atoms with Crippen molar-refractivity contribution in [1.29, 1.82) is 0 Å². The van der Waals surface area contributed by atoms with Gasteiger partial charge in [0.2, 0.25) is 15.9 Å². The summed E-state index contributed by atoms with van der Waals surface area (Å²) in [7, 11) is -1.96. The predicted molar refractivity (Wildman–Crippen MR) is 68.0 cm³/mol. The minimum Gasteiger partial charge on any atom is -0.353 e. The molecule has 0 atom stereocenters. The van der Waals surface area contributed by atoms with Gasteiger partial charge in [0.05, 0.1) is 12.8 Å². The van der Waals surface area contributed by atoms with Crippen LogP contribution < -0.4 is 11.1 Å². The number of amides is 1. The first-order valence-electron chi connectivity index (χ1n) is 5.61. The zero-order chi connectivity index (χ0) is 13.7. The molecule has 0 aliphatic heterocycles. The van der Waals surface area contributed by atoms with E-state index in [2.05, 4.69) is 5.32 Å². The third-order valence-corrected chi connectivity index (χ3v) is 4.24. The summed E-state index contributed by atoms with van der Waals surface area (Å²) in [5, 5.41) is 2.66. The number of nitrogens with two attached hydrogens (primary N) is 1. The van der Waals surface area contributed by atoms with Crippen LogP contribution in [-0.4, -0.2) is 50.6 Å². The lowest BCUT2D eigenvalue weighted by Crippen LogP contribution is -2.50. The molecular formula is C10H23N3O3S. The van der Waals surface area contributed by atoms with Crippen molar-refractivity contribution in [1.82, 2.24) is 9.62 Å². The molecule has 0 saturated carbocycles. The van der Waals surface area contributed by atoms with Gasteiger partial charge in [-0.15, -0.1) is 0 Å². The zero-order valence-corrected chi connectivity index (χ0v) is 11.8. The Hall–Kier alpha value is -0.660. The van der Waals surface area contributed by atoms with E-state index in [-0.39, 0.29) is 12.5 Å². The maximum atomic E-state index is 11.5. The molecule has 1 amide bonds. The lowest BCUT2D eigenvalue weighted by atomic mass is 9.94. The lowest BCUT2D eigenvalue weighted by molar-refractivity contribution is -0.121. The van der Waals surface area contributed by atoms with Gasteiger partial charge >= 0.3 is 0 Å². The number of rotatable bonds is 7. The normalized spacial score (nSPS) is 12.8. The molecule has 0 rings (SSSR count). The number of sulfonamides is 1. The number of hydrogen-bond acceptors (Lipinski definition) is 4. The molecular weight excluding hydrogens is 242 g/mol. The van der Waals surface area contributed by atoms with Crippen molar-refractivity contribution in [3.05, 3.63) is 0 Å². The van der Waals surface area contributed by atoms with Gasteiger partial charge in [0.1, 0.15) is 0 Å². The standard InChI is InChI=1S/C10H23N3O3S/c1-5-10(11,6-2)8-12-9(14)7-13(3)17(4,15)16/h5-8,11H2,1-4H3,(H,12,14). The van der Waals surface area contributed by atoms with Crippen LogP contribution in [0.25, 0.3) is 0 Å². The van der Waals surface area contributed by atoms with Gasteiger partial charge in [-0.1, -0.05) is 13.8 Å². The summed E-state index contributed by atoms with van der Waals surface area (Å²) >= 11 is 0. The first-order valence-corrected chi connectivity index (χ1v) is 7.46. The molecule has 0 aliphatic carbocycles. The van der Waals surface area contributed by atoms with Crippen LogP contribution in [0.4, 0.5) is 0 Å². The van der Waals surface area contributed by atoms with Crippen LogP contribution in [0.15, 0.2) is 0 Å². The Morgan fingerprint density at radius 1 is 1.35 bits per heavy atom. The van der Waals surface area contributed by atoms with E-state index in [0.717, 1.165) is 23.4 Å². The Morgan fingerprint density at radius 2 is 1.82 bits per heavy atom. The van der Waals surface area contributed by atoms with Crippen LogP contribution in [0, 0.1) is 0 Å². The van der Waals surface area contributed by atoms with Gasteiger partial charge in [-0.2, -0.15) is 4.31 Å². The summed E-state index contributed by atoms with van der Waals surface area (Å²) in [6, 6.07) is 0. The van der Waals surface area contributed by atoms with E-state index in [1.807, 2.05) is 13.8 Å². The molecule has 0 aromatic carbocycles. The number of carbonyl (C=O) groups is 1. The third kappa shape index (κ3) is 5.99. The van der Waals surface area contributed by atoms with Gasteiger partial charge in [0.15, 0.2) is 0 Å². The van der Waals surface area contributed by atoms with Crippen molar-refractivity contribution in [2.75, 3.05) is 26.4 Å². The van der Waals surface area contributed by atoms with Crippen molar-refractivity contribution in [3.63, 3.8) is 0 Å². The van der Waals surface area contributed by atoms with E-state index in [1.54, 1.807) is 0 Å². The van der Waals surface area contributed by atoms with Crippen LogP contribution in [-0.2, 0) is 14.8 Å². The topological polar surface area (TPSA) is 92.5 Å². The molecule has 7 heteroatoms. The van der Waals surface area contributed by atoms with Crippen LogP contribution >= 0.6 is 0 Å². The average Bonchev–Trinajstić information content (AvgIpc) is 2.24. The predicted octanol–water partition coefficient (Wildman–Crippen LogP) is -0.488. The monoisotopic (exact) mass is 265 g/mol. The number of carbonyl (C=O) groups excluding carboxylic acids is 1. The maximum Gasteiger partial charge on any atom is 0.235 e. The van der Waals surface area contributed by atoms with Crippen LogP contribution in [0.5, 0.6) is 0 Å². The van der Waals surface area contributed by atoms with Gasteiger partial charge in [0.25, 0.3) is 0 Å². The van der Waals surface area contributed by atoms with Crippen molar-refractivity contribution in [2.24, 2.45) is 5.73 Å². The Labute approximate surface area is 104 Å². The van der Waals surface area contributed by atoms with Crippen molar-refractivity contribution < 1.29 is 13.2 Å². The fourth-order valence-electron chi connectivity index (χ4n) is 1.15. The Kier molecular flexibility index (Phi) is 6.08. The number of nitrogens with zero attached hydrogens (tertiary/aromatic N) is 1. The van der Waals surface area contributed by atoms with E-state index in [0.29, 0.717) is 6.54 Å². The van der Waals surface area contributed by atoms with Gasteiger partial charge in [-0.05, 0) is 12.8 Å². The van der Waals surface area contributed by atoms with Crippen molar-refractivity contribution in [2.45, 2.75) is 32.2 Å². The highest BCUT2D eigenvalue weighted by molar-refractivity contribution is 7.88. The molecule has 0 aromatic heterocycles. The van der Waals surface area contributed by atoms with Crippen LogP contribution in [0.3, 0.4) is 0 Å². The van der Waals surface area contributed by atoms with Gasteiger partial charge in [-0.25, -0.2) is 8.42 Å². The highest BCUT2D eigenvalue weighted by atomic mass is 32.2. The van der Waals surface area contributed by atoms with Gasteiger partial charge in [-0.3, -0.25) is 4.79 Å². The SMILES string of the molecule is CCC(N)(CC)CNC(=O)CN(C)S(C)(=O)=O. The summed E-state index contributed by atoms with van der Waals surface area (Å²) in [6.45, 7) is 4.09. The second-order valence-corrected chi connectivity index (χ2v) is 6.45. The molecule has 0 spiro atoms. The molecule has 17 heavy (non-hydrogen) atoms. The molecule has 0 aliphatic rings. The zero-order valence-electron chi connectivity index (χ0n) is 11.0. The number of hydrogen-bond donors (Lipinski definition) is 2. The molecule has 0 aromatic rings. The van der Waals surface area contributed by atoms with E-state index < -0.39 is 15.6 Å². The first-order chi connectivity index (χ1) is 7.64. The minimum atomic E-state index is -3.32. The maximum absolute atomic E-state index is 11.5. The highest BCUT2D eigenvalue weighted by Gasteiger charge is 2.22. The van der Waals surface area contributed by atoms with Gasteiger partial charge < -0.3 is 11.1 Å². The summed E-state index contributed by atoms with van der Waals surface area (Å²) < 4.78 is 23.2. The Morgan fingerprint density at radius 3 is 2.18 bits per heavy atom. The molecule has 6 nitrogen and oxygen atoms in total. The van der Waals surface area contributed by atoms with E-state index >= 15 is 0 Å². The van der Waals surface area contributed by atoms with E-state index in [1.165, 1.54) is 7.05 Å². The van der Waals surface area contributed by atoms with Crippen LogP contribution in [0.2, 0.25) is 0 Å². The number of likely N-dealkylation sites (N-methyl/N-ethyl adjacent to an activating group) is 1. The molecule has 0 bridgehead atoms. The molecule has 0 unspecified atom stereocenters. The molecule has 0 saturated heterocycles. The Bertz CT molecular complexity index is 350. The average molecular weight is 265 g/mol. The minimum absolute atomic E-state index is 0.178. The summed E-state index contributed by atoms with van der Waals surface area (Å²) in [4.78, 5) is 11.5. The number of nitrogens with one attached hydrogen (secondary N) is 1. The van der Waals surface area contributed by atoms with E-state index in [9.17, 15) is 13.2 Å². The molecule has 3 N–H and O–H groups in total. The second kappa shape index (κ2) is 6.32. The fourth-order valence-corrected chi connectivity index (χ4v) is 1.50.